The fraction of sp³-hybridized carbons (Fsp3) is 0.0755. The van der Waals surface area contributed by atoms with Crippen LogP contribution in [0, 0.1) is 0 Å². The highest BCUT2D eigenvalue weighted by atomic mass is 32.2. The monoisotopic (exact) mass is 766 g/mol. The molecular weight excluding hydrogens is 725 g/mol. The molecule has 280 valence electrons. The Morgan fingerprint density at radius 3 is 1.84 bits per heavy atom. The van der Waals surface area contributed by atoms with Crippen LogP contribution in [0.3, 0.4) is 0 Å². The minimum absolute atomic E-state index is 0.492. The highest BCUT2D eigenvalue weighted by Crippen LogP contribution is 2.50. The number of aromatic nitrogens is 2. The first-order valence-corrected chi connectivity index (χ1v) is 21.1. The van der Waals surface area contributed by atoms with E-state index in [1.54, 1.807) is 0 Å². The van der Waals surface area contributed by atoms with Crippen LogP contribution in [0.1, 0.15) is 35.1 Å². The molecule has 0 atom stereocenters. The van der Waals surface area contributed by atoms with Gasteiger partial charge in [0.25, 0.3) is 0 Å². The van der Waals surface area contributed by atoms with Crippen LogP contribution in [0.4, 0.5) is 0 Å². The third-order valence-corrected chi connectivity index (χ3v) is 12.2. The van der Waals surface area contributed by atoms with Gasteiger partial charge in [0.1, 0.15) is 5.84 Å². The summed E-state index contributed by atoms with van der Waals surface area (Å²) in [5.41, 5.74) is 20.4. The van der Waals surface area contributed by atoms with Gasteiger partial charge in [-0.2, -0.15) is 0 Å². The molecule has 2 N–H and O–H groups in total. The van der Waals surface area contributed by atoms with E-state index in [-0.39, 0.29) is 0 Å². The molecule has 9 aromatic rings. The van der Waals surface area contributed by atoms with Crippen molar-refractivity contribution in [2.24, 2.45) is 10.7 Å². The van der Waals surface area contributed by atoms with Gasteiger partial charge in [0.2, 0.25) is 0 Å². The molecule has 4 nitrogen and oxygen atoms in total. The average molecular weight is 767 g/mol. The molecule has 10 rings (SSSR count). The van der Waals surface area contributed by atoms with E-state index < -0.39 is 0 Å². The first-order valence-electron chi connectivity index (χ1n) is 19.9. The van der Waals surface area contributed by atoms with Gasteiger partial charge in [-0.15, -0.1) is 11.8 Å². The van der Waals surface area contributed by atoms with E-state index in [9.17, 15) is 0 Å². The lowest BCUT2D eigenvalue weighted by atomic mass is 9.91. The second-order valence-electron chi connectivity index (χ2n) is 14.7. The number of aliphatic imine (C=N–C) groups is 1. The molecule has 2 heterocycles. The van der Waals surface area contributed by atoms with Gasteiger partial charge in [-0.1, -0.05) is 152 Å². The molecule has 1 aliphatic rings. The quantitative estimate of drug-likeness (QED) is 0.0903. The number of thioether (sulfide) groups is 1. The Bertz CT molecular complexity index is 3090. The number of hydrogen-bond donors (Lipinski definition) is 1. The van der Waals surface area contributed by atoms with E-state index >= 15 is 0 Å². The molecule has 5 heteroatoms. The molecule has 7 aromatic carbocycles. The van der Waals surface area contributed by atoms with Crippen LogP contribution in [0.15, 0.2) is 198 Å². The fourth-order valence-electron chi connectivity index (χ4n) is 8.73. The molecule has 0 spiro atoms. The van der Waals surface area contributed by atoms with Crippen molar-refractivity contribution in [1.29, 1.82) is 0 Å². The molecule has 58 heavy (non-hydrogen) atoms. The van der Waals surface area contributed by atoms with Gasteiger partial charge >= 0.3 is 0 Å². The maximum Gasteiger partial charge on any atom is 0.131 e. The molecular formula is C53H42N4S. The number of allylic oxidation sites excluding steroid dienone is 5. The summed E-state index contributed by atoms with van der Waals surface area (Å²) in [6.07, 6.45) is 14.1. The molecule has 0 saturated heterocycles. The number of nitrogens with two attached hydrogens (primary N) is 1. The van der Waals surface area contributed by atoms with Crippen molar-refractivity contribution < 1.29 is 0 Å². The predicted molar refractivity (Wildman–Crippen MR) is 249 cm³/mol. The molecule has 0 unspecified atom stereocenters. The summed E-state index contributed by atoms with van der Waals surface area (Å²) >= 11 is 1.87. The first kappa shape index (κ1) is 35.6. The number of nitrogens with zero attached hydrogens (tertiary/aromatic N) is 3. The zero-order chi connectivity index (χ0) is 39.0. The van der Waals surface area contributed by atoms with E-state index in [1.807, 2.05) is 48.2 Å². The smallest absolute Gasteiger partial charge is 0.131 e. The van der Waals surface area contributed by atoms with E-state index in [0.717, 1.165) is 47.5 Å². The van der Waals surface area contributed by atoms with Gasteiger partial charge in [-0.05, 0) is 73.1 Å². The lowest BCUT2D eigenvalue weighted by Gasteiger charge is -2.19. The lowest BCUT2D eigenvalue weighted by molar-refractivity contribution is 1.05. The van der Waals surface area contributed by atoms with Gasteiger partial charge < -0.3 is 14.9 Å². The largest absolute Gasteiger partial charge is 0.383 e. The van der Waals surface area contributed by atoms with Crippen molar-refractivity contribution in [2.75, 3.05) is 6.26 Å². The van der Waals surface area contributed by atoms with Gasteiger partial charge in [-0.25, -0.2) is 4.99 Å². The molecule has 0 saturated carbocycles. The molecule has 0 aliphatic heterocycles. The summed E-state index contributed by atoms with van der Waals surface area (Å²) in [5, 5.41) is 5.09. The Hall–Kier alpha value is -6.82. The Balaban J connectivity index is 1.27. The van der Waals surface area contributed by atoms with E-state index in [1.165, 1.54) is 65.2 Å². The Kier molecular flexibility index (Phi) is 9.36. The average Bonchev–Trinajstić information content (AvgIpc) is 3.82. The molecule has 0 fully saturated rings. The lowest BCUT2D eigenvalue weighted by Crippen LogP contribution is -2.13. The zero-order valence-electron chi connectivity index (χ0n) is 32.3. The number of benzene rings is 7. The van der Waals surface area contributed by atoms with Gasteiger partial charge in [0, 0.05) is 54.5 Å². The number of hydrogen-bond acceptors (Lipinski definition) is 2. The SMILES string of the molecule is CSc1c(C2=CC=CCC2)c2c3ccccc3n(-c3ccc(/C(=C/Cc4ccccc4)N=C(N)c4ccccc4)cc3)c2c2c1c1ccccc1n2-c1ccccc1. The Labute approximate surface area is 343 Å². The van der Waals surface area contributed by atoms with Crippen molar-refractivity contribution >= 4 is 72.5 Å². The summed E-state index contributed by atoms with van der Waals surface area (Å²) in [4.78, 5) is 6.38. The van der Waals surface area contributed by atoms with Crippen LogP contribution in [-0.4, -0.2) is 21.2 Å². The number of fused-ring (bicyclic) bond motifs is 7. The fourth-order valence-corrected chi connectivity index (χ4v) is 9.57. The van der Waals surface area contributed by atoms with E-state index in [0.29, 0.717) is 5.84 Å². The van der Waals surface area contributed by atoms with Crippen molar-refractivity contribution in [2.45, 2.75) is 24.2 Å². The third-order valence-electron chi connectivity index (χ3n) is 11.3. The molecule has 2 aromatic heterocycles. The second-order valence-corrected chi connectivity index (χ2v) is 15.6. The van der Waals surface area contributed by atoms with Crippen molar-refractivity contribution in [3.8, 4) is 11.4 Å². The standard InChI is InChI=1S/C53H42N4S/c1-58-52-47(38-20-8-3-9-21-38)48-42-26-14-16-28-45(42)57(50(48)51-49(52)43-27-15-17-29-46(43)56(51)40-24-12-5-13-25-40)41-33-31-37(32-34-41)44(35-30-36-18-6-2-7-19-36)55-53(54)39-22-10-4-11-23-39/h2-8,10-20,22-29,31-35H,9,21,30H2,1H3,(H2,54,55)/b44-35-. The topological polar surface area (TPSA) is 48.2 Å². The maximum absolute atomic E-state index is 6.67. The number of amidine groups is 1. The minimum atomic E-state index is 0.492. The highest BCUT2D eigenvalue weighted by Gasteiger charge is 2.28. The first-order chi connectivity index (χ1) is 28.7. The van der Waals surface area contributed by atoms with Gasteiger partial charge in [0.05, 0.1) is 27.8 Å². The van der Waals surface area contributed by atoms with Crippen molar-refractivity contribution in [1.82, 2.24) is 9.13 Å². The normalized spacial score (nSPS) is 13.6. The van der Waals surface area contributed by atoms with E-state index in [2.05, 4.69) is 167 Å². The number of para-hydroxylation sites is 3. The Morgan fingerprint density at radius 1 is 0.638 bits per heavy atom. The third kappa shape index (κ3) is 6.16. The summed E-state index contributed by atoms with van der Waals surface area (Å²) < 4.78 is 4.98. The van der Waals surface area contributed by atoms with Crippen LogP contribution in [0.2, 0.25) is 0 Å². The molecule has 1 aliphatic carbocycles. The minimum Gasteiger partial charge on any atom is -0.383 e. The van der Waals surface area contributed by atoms with Crippen molar-refractivity contribution in [3.05, 3.63) is 210 Å². The van der Waals surface area contributed by atoms with Crippen LogP contribution < -0.4 is 5.73 Å². The molecule has 0 radical (unpaired) electrons. The maximum atomic E-state index is 6.67. The van der Waals surface area contributed by atoms with Crippen LogP contribution in [0.25, 0.3) is 66.3 Å². The van der Waals surface area contributed by atoms with Gasteiger partial charge in [-0.3, -0.25) is 0 Å². The number of rotatable bonds is 9. The Morgan fingerprint density at radius 2 is 1.21 bits per heavy atom. The van der Waals surface area contributed by atoms with Gasteiger partial charge in [0.15, 0.2) is 0 Å². The van der Waals surface area contributed by atoms with Crippen molar-refractivity contribution in [3.63, 3.8) is 0 Å². The predicted octanol–water partition coefficient (Wildman–Crippen LogP) is 13.3. The zero-order valence-corrected chi connectivity index (χ0v) is 33.2. The summed E-state index contributed by atoms with van der Waals surface area (Å²) in [5.74, 6) is 0.492. The summed E-state index contributed by atoms with van der Waals surface area (Å²) in [6, 6.07) is 58.1. The highest BCUT2D eigenvalue weighted by molar-refractivity contribution is 7.99. The molecule has 0 bridgehead atoms. The molecule has 0 amide bonds. The second kappa shape index (κ2) is 15.3. The van der Waals surface area contributed by atoms with E-state index in [4.69, 9.17) is 10.7 Å². The van der Waals surface area contributed by atoms with Crippen LogP contribution in [0.5, 0.6) is 0 Å². The van der Waals surface area contributed by atoms with Crippen LogP contribution >= 0.6 is 11.8 Å². The summed E-state index contributed by atoms with van der Waals surface area (Å²) in [6.45, 7) is 0. The summed E-state index contributed by atoms with van der Waals surface area (Å²) in [7, 11) is 0. The van der Waals surface area contributed by atoms with Crippen LogP contribution in [-0.2, 0) is 6.42 Å².